The van der Waals surface area contributed by atoms with Crippen LogP contribution in [-0.4, -0.2) is 50.8 Å². The van der Waals surface area contributed by atoms with Gasteiger partial charge in [0.15, 0.2) is 11.4 Å². The van der Waals surface area contributed by atoms with Crippen LogP contribution in [0.3, 0.4) is 0 Å². The SMILES string of the molecule is CN1Cn2cc(C(=O)O)c(=O)c(O)c2C(=O)N1C. The lowest BCUT2D eigenvalue weighted by Crippen LogP contribution is -2.48. The molecular weight excluding hydrogens is 242 g/mol. The third kappa shape index (κ3) is 1.54. The monoisotopic (exact) mass is 253 g/mol. The second kappa shape index (κ2) is 3.84. The molecule has 18 heavy (non-hydrogen) atoms. The number of aromatic nitrogens is 1. The zero-order valence-electron chi connectivity index (χ0n) is 9.75. The van der Waals surface area contributed by atoms with Gasteiger partial charge in [-0.3, -0.25) is 14.6 Å². The van der Waals surface area contributed by atoms with E-state index in [2.05, 4.69) is 0 Å². The van der Waals surface area contributed by atoms with E-state index in [0.717, 1.165) is 6.20 Å². The fourth-order valence-electron chi connectivity index (χ4n) is 1.76. The molecule has 0 bridgehead atoms. The van der Waals surface area contributed by atoms with Crippen LogP contribution < -0.4 is 5.43 Å². The number of aromatic hydroxyl groups is 1. The molecule has 2 N–H and O–H groups in total. The fourth-order valence-corrected chi connectivity index (χ4v) is 1.76. The lowest BCUT2D eigenvalue weighted by molar-refractivity contribution is -0.0102. The molecule has 0 aromatic carbocycles. The van der Waals surface area contributed by atoms with Crippen molar-refractivity contribution in [1.82, 2.24) is 14.6 Å². The van der Waals surface area contributed by atoms with Crippen molar-refractivity contribution >= 4 is 11.9 Å². The summed E-state index contributed by atoms with van der Waals surface area (Å²) in [5.41, 5.74) is -1.83. The van der Waals surface area contributed by atoms with Crippen LogP contribution in [0.15, 0.2) is 11.0 Å². The maximum Gasteiger partial charge on any atom is 0.341 e. The molecule has 0 saturated heterocycles. The third-order valence-corrected chi connectivity index (χ3v) is 2.85. The van der Waals surface area contributed by atoms with Crippen molar-refractivity contribution < 1.29 is 19.8 Å². The van der Waals surface area contributed by atoms with E-state index in [9.17, 15) is 19.5 Å². The molecule has 8 heteroatoms. The number of aromatic carboxylic acids is 1. The van der Waals surface area contributed by atoms with Crippen molar-refractivity contribution in [3.05, 3.63) is 27.7 Å². The Hall–Kier alpha value is -2.35. The van der Waals surface area contributed by atoms with Gasteiger partial charge in [-0.05, 0) is 0 Å². The summed E-state index contributed by atoms with van der Waals surface area (Å²) in [6, 6.07) is 0. The number of carboxylic acids is 1. The van der Waals surface area contributed by atoms with Crippen LogP contribution in [0.1, 0.15) is 20.8 Å². The van der Waals surface area contributed by atoms with Gasteiger partial charge in [0.1, 0.15) is 5.56 Å². The second-order valence-electron chi connectivity index (χ2n) is 3.97. The molecule has 0 fully saturated rings. The number of fused-ring (bicyclic) bond motifs is 1. The van der Waals surface area contributed by atoms with Gasteiger partial charge in [0.05, 0.1) is 6.67 Å². The summed E-state index contributed by atoms with van der Waals surface area (Å²) in [6.07, 6.45) is 1.06. The van der Waals surface area contributed by atoms with Gasteiger partial charge in [0, 0.05) is 20.3 Å². The molecule has 2 rings (SSSR count). The molecule has 0 atom stereocenters. The Balaban J connectivity index is 2.74. The molecule has 0 unspecified atom stereocenters. The van der Waals surface area contributed by atoms with Crippen molar-refractivity contribution in [2.75, 3.05) is 14.1 Å². The molecule has 0 saturated carbocycles. The Morgan fingerprint density at radius 2 is 1.94 bits per heavy atom. The first-order valence-corrected chi connectivity index (χ1v) is 5.03. The number of carbonyl (C=O) groups excluding carboxylic acids is 1. The van der Waals surface area contributed by atoms with Gasteiger partial charge < -0.3 is 14.8 Å². The lowest BCUT2D eigenvalue weighted by Gasteiger charge is -2.35. The fraction of sp³-hybridized carbons (Fsp3) is 0.300. The summed E-state index contributed by atoms with van der Waals surface area (Å²) in [5, 5.41) is 21.3. The Morgan fingerprint density at radius 3 is 2.50 bits per heavy atom. The molecule has 96 valence electrons. The summed E-state index contributed by atoms with van der Waals surface area (Å²) < 4.78 is 1.24. The number of rotatable bonds is 1. The van der Waals surface area contributed by atoms with E-state index >= 15 is 0 Å². The molecule has 1 amide bonds. The van der Waals surface area contributed by atoms with E-state index in [4.69, 9.17) is 5.11 Å². The van der Waals surface area contributed by atoms with Crippen LogP contribution in [0.4, 0.5) is 0 Å². The quantitative estimate of drug-likeness (QED) is 0.675. The number of nitrogens with zero attached hydrogens (tertiary/aromatic N) is 3. The molecule has 1 aliphatic rings. The Labute approximate surface area is 101 Å². The Kier molecular flexibility index (Phi) is 2.59. The van der Waals surface area contributed by atoms with Gasteiger partial charge >= 0.3 is 5.97 Å². The maximum absolute atomic E-state index is 11.9. The first-order chi connectivity index (χ1) is 8.34. The van der Waals surface area contributed by atoms with Crippen LogP contribution >= 0.6 is 0 Å². The van der Waals surface area contributed by atoms with Crippen molar-refractivity contribution in [1.29, 1.82) is 0 Å². The summed E-state index contributed by atoms with van der Waals surface area (Å²) >= 11 is 0. The van der Waals surface area contributed by atoms with Gasteiger partial charge in [-0.2, -0.15) is 0 Å². The van der Waals surface area contributed by atoms with Crippen molar-refractivity contribution in [2.45, 2.75) is 6.67 Å². The number of hydrogen-bond donors (Lipinski definition) is 2. The molecule has 2 heterocycles. The van der Waals surface area contributed by atoms with Crippen LogP contribution in [-0.2, 0) is 6.67 Å². The Morgan fingerprint density at radius 1 is 1.33 bits per heavy atom. The second-order valence-corrected chi connectivity index (χ2v) is 3.97. The molecule has 1 aliphatic heterocycles. The minimum absolute atomic E-state index is 0.158. The molecule has 1 aromatic heterocycles. The molecule has 0 spiro atoms. The average molecular weight is 253 g/mol. The number of carboxylic acid groups (broad SMARTS) is 1. The third-order valence-electron chi connectivity index (χ3n) is 2.85. The number of hydrazine groups is 1. The van der Waals surface area contributed by atoms with Crippen molar-refractivity contribution in [3.63, 3.8) is 0 Å². The summed E-state index contributed by atoms with van der Waals surface area (Å²) in [4.78, 5) is 34.3. The highest BCUT2D eigenvalue weighted by Gasteiger charge is 2.31. The highest BCUT2D eigenvalue weighted by Crippen LogP contribution is 2.20. The smallest absolute Gasteiger partial charge is 0.341 e. The van der Waals surface area contributed by atoms with Crippen LogP contribution in [0.5, 0.6) is 5.75 Å². The topological polar surface area (TPSA) is 103 Å². The highest BCUT2D eigenvalue weighted by molar-refractivity contribution is 5.96. The largest absolute Gasteiger partial charge is 0.503 e. The normalized spacial score (nSPS) is 15.7. The summed E-state index contributed by atoms with van der Waals surface area (Å²) in [7, 11) is 3.11. The standard InChI is InChI=1S/C10H11N3O5/c1-11-4-13-3-5(10(17)18)7(14)8(15)6(13)9(16)12(11)2/h3,15H,4H2,1-2H3,(H,17,18). The molecular formula is C10H11N3O5. The number of amides is 1. The zero-order valence-corrected chi connectivity index (χ0v) is 9.75. The van der Waals surface area contributed by atoms with Crippen molar-refractivity contribution in [3.8, 4) is 5.75 Å². The van der Waals surface area contributed by atoms with Crippen LogP contribution in [0.2, 0.25) is 0 Å². The van der Waals surface area contributed by atoms with Gasteiger partial charge in [0.2, 0.25) is 5.43 Å². The highest BCUT2D eigenvalue weighted by atomic mass is 16.4. The molecule has 0 aliphatic carbocycles. The van der Waals surface area contributed by atoms with E-state index in [1.54, 1.807) is 7.05 Å². The maximum atomic E-state index is 11.9. The minimum Gasteiger partial charge on any atom is -0.503 e. The number of carbonyl (C=O) groups is 2. The summed E-state index contributed by atoms with van der Waals surface area (Å²) in [5.74, 6) is -2.85. The van der Waals surface area contributed by atoms with E-state index in [-0.39, 0.29) is 12.4 Å². The first-order valence-electron chi connectivity index (χ1n) is 5.03. The predicted molar refractivity (Wildman–Crippen MR) is 59.2 cm³/mol. The van der Waals surface area contributed by atoms with Gasteiger partial charge in [-0.15, -0.1) is 0 Å². The van der Waals surface area contributed by atoms with E-state index in [0.29, 0.717) is 0 Å². The molecule has 8 nitrogen and oxygen atoms in total. The summed E-state index contributed by atoms with van der Waals surface area (Å²) in [6.45, 7) is 0.158. The van der Waals surface area contributed by atoms with E-state index < -0.39 is 28.6 Å². The van der Waals surface area contributed by atoms with Crippen LogP contribution in [0.25, 0.3) is 0 Å². The minimum atomic E-state index is -1.44. The predicted octanol–water partition coefficient (Wildman–Crippen LogP) is -0.858. The van der Waals surface area contributed by atoms with Crippen molar-refractivity contribution in [2.24, 2.45) is 0 Å². The average Bonchev–Trinajstić information content (AvgIpc) is 2.30. The number of pyridine rings is 1. The van der Waals surface area contributed by atoms with E-state index in [1.165, 1.54) is 21.6 Å². The zero-order chi connectivity index (χ0) is 13.6. The van der Waals surface area contributed by atoms with Gasteiger partial charge in [-0.25, -0.2) is 9.80 Å². The van der Waals surface area contributed by atoms with Gasteiger partial charge in [0.25, 0.3) is 5.91 Å². The lowest BCUT2D eigenvalue weighted by atomic mass is 10.2. The Bertz CT molecular complexity index is 606. The van der Waals surface area contributed by atoms with Gasteiger partial charge in [-0.1, -0.05) is 0 Å². The van der Waals surface area contributed by atoms with E-state index in [1.807, 2.05) is 0 Å². The van der Waals surface area contributed by atoms with Crippen LogP contribution in [0, 0.1) is 0 Å². The molecule has 0 radical (unpaired) electrons. The molecule has 1 aromatic rings. The number of hydrogen-bond acceptors (Lipinski definition) is 5. The first kappa shape index (κ1) is 12.1.